The molecule has 0 fully saturated rings. The van der Waals surface area contributed by atoms with Gasteiger partial charge >= 0.3 is 0 Å². The predicted molar refractivity (Wildman–Crippen MR) is 75.6 cm³/mol. The topological polar surface area (TPSA) is 60.7 Å². The summed E-state index contributed by atoms with van der Waals surface area (Å²) in [7, 11) is 0. The molecule has 100 valence electrons. The van der Waals surface area contributed by atoms with Gasteiger partial charge in [-0.2, -0.15) is 0 Å². The summed E-state index contributed by atoms with van der Waals surface area (Å²) in [5.74, 6) is 0.597. The molecule has 0 heterocycles. The maximum absolute atomic E-state index is 10.4. The van der Waals surface area contributed by atoms with E-state index in [2.05, 4.69) is 0 Å². The molecule has 2 rings (SSSR count). The van der Waals surface area contributed by atoms with Crippen LogP contribution in [-0.4, -0.2) is 15.3 Å². The smallest absolute Gasteiger partial charge is 0.127 e. The molecule has 0 saturated carbocycles. The van der Waals surface area contributed by atoms with Crippen molar-refractivity contribution in [2.75, 3.05) is 0 Å². The number of aromatic hydroxyl groups is 3. The summed E-state index contributed by atoms with van der Waals surface area (Å²) < 4.78 is 0. The van der Waals surface area contributed by atoms with Crippen LogP contribution in [0.3, 0.4) is 0 Å². The first-order valence-electron chi connectivity index (χ1n) is 6.44. The summed E-state index contributed by atoms with van der Waals surface area (Å²) in [6.07, 6.45) is 1.27. The van der Waals surface area contributed by atoms with Crippen LogP contribution in [0.4, 0.5) is 0 Å². The molecule has 0 radical (unpaired) electrons. The Morgan fingerprint density at radius 3 is 2.05 bits per heavy atom. The third-order valence-corrected chi connectivity index (χ3v) is 3.35. The van der Waals surface area contributed by atoms with Crippen LogP contribution in [0.15, 0.2) is 30.3 Å². The van der Waals surface area contributed by atoms with Crippen LogP contribution in [0, 0.1) is 0 Å². The molecule has 0 aliphatic rings. The summed E-state index contributed by atoms with van der Waals surface area (Å²) in [5.41, 5.74) is 2.88. The summed E-state index contributed by atoms with van der Waals surface area (Å²) >= 11 is 0. The normalized spacial score (nSPS) is 10.6. The van der Waals surface area contributed by atoms with Gasteiger partial charge in [0.25, 0.3) is 0 Å². The highest BCUT2D eigenvalue weighted by Crippen LogP contribution is 2.41. The van der Waals surface area contributed by atoms with Crippen LogP contribution in [0.1, 0.15) is 25.0 Å². The Bertz CT molecular complexity index is 586. The molecule has 0 bridgehead atoms. The fourth-order valence-electron chi connectivity index (χ4n) is 2.32. The first kappa shape index (κ1) is 13.3. The van der Waals surface area contributed by atoms with Crippen molar-refractivity contribution in [3.8, 4) is 28.4 Å². The van der Waals surface area contributed by atoms with Crippen LogP contribution in [0.25, 0.3) is 11.1 Å². The van der Waals surface area contributed by atoms with Crippen molar-refractivity contribution in [2.45, 2.75) is 26.7 Å². The third-order valence-electron chi connectivity index (χ3n) is 3.35. The minimum atomic E-state index is 0.178. The average molecular weight is 258 g/mol. The monoisotopic (exact) mass is 258 g/mol. The molecule has 2 aromatic rings. The van der Waals surface area contributed by atoms with E-state index in [1.54, 1.807) is 30.3 Å². The van der Waals surface area contributed by atoms with Crippen molar-refractivity contribution in [3.63, 3.8) is 0 Å². The van der Waals surface area contributed by atoms with Crippen molar-refractivity contribution in [2.24, 2.45) is 0 Å². The van der Waals surface area contributed by atoms with Gasteiger partial charge in [0.15, 0.2) is 0 Å². The molecule has 19 heavy (non-hydrogen) atoms. The zero-order valence-electron chi connectivity index (χ0n) is 11.1. The van der Waals surface area contributed by atoms with E-state index in [-0.39, 0.29) is 17.2 Å². The van der Waals surface area contributed by atoms with E-state index in [0.717, 1.165) is 16.7 Å². The molecule has 0 saturated heterocycles. The van der Waals surface area contributed by atoms with Crippen molar-refractivity contribution < 1.29 is 15.3 Å². The molecule has 0 aromatic heterocycles. The Hall–Kier alpha value is -2.16. The Morgan fingerprint density at radius 1 is 0.895 bits per heavy atom. The lowest BCUT2D eigenvalue weighted by atomic mass is 9.92. The van der Waals surface area contributed by atoms with Gasteiger partial charge in [-0.05, 0) is 42.2 Å². The molecule has 0 aliphatic heterocycles. The van der Waals surface area contributed by atoms with E-state index in [1.165, 1.54) is 0 Å². The first-order valence-corrected chi connectivity index (χ1v) is 6.44. The second-order valence-electron chi connectivity index (χ2n) is 4.51. The van der Waals surface area contributed by atoms with Gasteiger partial charge in [0.05, 0.1) is 0 Å². The molecule has 3 nitrogen and oxygen atoms in total. The molecule has 0 atom stereocenters. The second-order valence-corrected chi connectivity index (χ2v) is 4.51. The molecule has 2 aromatic carbocycles. The van der Waals surface area contributed by atoms with Gasteiger partial charge in [-0.25, -0.2) is 0 Å². The van der Waals surface area contributed by atoms with Crippen molar-refractivity contribution >= 4 is 0 Å². The van der Waals surface area contributed by atoms with Gasteiger partial charge in [0.1, 0.15) is 17.2 Å². The predicted octanol–water partition coefficient (Wildman–Crippen LogP) is 3.60. The number of benzene rings is 2. The summed E-state index contributed by atoms with van der Waals surface area (Å²) in [6, 6.07) is 8.25. The number of aryl methyl sites for hydroxylation is 1. The Labute approximate surface area is 112 Å². The quantitative estimate of drug-likeness (QED) is 0.737. The zero-order valence-corrected chi connectivity index (χ0v) is 11.1. The summed E-state index contributed by atoms with van der Waals surface area (Å²) in [6.45, 7) is 3.87. The number of rotatable bonds is 3. The highest BCUT2D eigenvalue weighted by molar-refractivity contribution is 5.78. The van der Waals surface area contributed by atoms with E-state index >= 15 is 0 Å². The Morgan fingerprint density at radius 2 is 1.53 bits per heavy atom. The SMILES string of the molecule is CCc1cc(O)c(CC)c(-c2ccc(O)cc2)c1O. The summed E-state index contributed by atoms with van der Waals surface area (Å²) in [4.78, 5) is 0. The van der Waals surface area contributed by atoms with E-state index in [9.17, 15) is 15.3 Å². The maximum Gasteiger partial charge on any atom is 0.127 e. The lowest BCUT2D eigenvalue weighted by molar-refractivity contribution is 0.451. The van der Waals surface area contributed by atoms with E-state index in [1.807, 2.05) is 13.8 Å². The zero-order chi connectivity index (χ0) is 14.0. The molecule has 3 heteroatoms. The van der Waals surface area contributed by atoms with E-state index in [0.29, 0.717) is 18.4 Å². The van der Waals surface area contributed by atoms with Crippen LogP contribution >= 0.6 is 0 Å². The van der Waals surface area contributed by atoms with Crippen molar-refractivity contribution in [1.82, 2.24) is 0 Å². The molecule has 3 N–H and O–H groups in total. The number of phenolic OH excluding ortho intramolecular Hbond substituents is 3. The van der Waals surface area contributed by atoms with Gasteiger partial charge in [-0.3, -0.25) is 0 Å². The van der Waals surface area contributed by atoms with Gasteiger partial charge in [-0.15, -0.1) is 0 Å². The van der Waals surface area contributed by atoms with Crippen LogP contribution in [0.2, 0.25) is 0 Å². The Balaban J connectivity index is 2.72. The van der Waals surface area contributed by atoms with Crippen LogP contribution in [-0.2, 0) is 12.8 Å². The molecule has 0 amide bonds. The molecule has 0 spiro atoms. The maximum atomic E-state index is 10.4. The minimum Gasteiger partial charge on any atom is -0.508 e. The molecular weight excluding hydrogens is 240 g/mol. The van der Waals surface area contributed by atoms with Crippen molar-refractivity contribution in [3.05, 3.63) is 41.5 Å². The number of hydrogen-bond acceptors (Lipinski definition) is 3. The fraction of sp³-hybridized carbons (Fsp3) is 0.250. The van der Waals surface area contributed by atoms with Crippen LogP contribution < -0.4 is 0 Å². The van der Waals surface area contributed by atoms with Crippen molar-refractivity contribution in [1.29, 1.82) is 0 Å². The first-order chi connectivity index (χ1) is 9.08. The number of hydrogen-bond donors (Lipinski definition) is 3. The van der Waals surface area contributed by atoms with E-state index < -0.39 is 0 Å². The third kappa shape index (κ3) is 2.36. The van der Waals surface area contributed by atoms with Gasteiger partial charge < -0.3 is 15.3 Å². The van der Waals surface area contributed by atoms with Gasteiger partial charge in [0, 0.05) is 11.1 Å². The lowest BCUT2D eigenvalue weighted by Crippen LogP contribution is -1.94. The molecule has 0 aliphatic carbocycles. The minimum absolute atomic E-state index is 0.178. The molecular formula is C16H18O3. The van der Waals surface area contributed by atoms with Gasteiger partial charge in [-0.1, -0.05) is 26.0 Å². The average Bonchev–Trinajstić information content (AvgIpc) is 2.41. The van der Waals surface area contributed by atoms with Gasteiger partial charge in [0.2, 0.25) is 0 Å². The number of phenols is 3. The summed E-state index contributed by atoms with van der Waals surface area (Å²) in [5, 5.41) is 29.8. The largest absolute Gasteiger partial charge is 0.508 e. The standard InChI is InChI=1S/C16H18O3/c1-3-10-9-14(18)13(4-2)15(16(10)19)11-5-7-12(17)8-6-11/h5-9,17-19H,3-4H2,1-2H3. The Kier molecular flexibility index (Phi) is 3.65. The second kappa shape index (κ2) is 5.22. The highest BCUT2D eigenvalue weighted by atomic mass is 16.3. The molecule has 0 unspecified atom stereocenters. The van der Waals surface area contributed by atoms with Crippen LogP contribution in [0.5, 0.6) is 17.2 Å². The lowest BCUT2D eigenvalue weighted by Gasteiger charge is -2.15. The highest BCUT2D eigenvalue weighted by Gasteiger charge is 2.17. The fourth-order valence-corrected chi connectivity index (χ4v) is 2.32. The van der Waals surface area contributed by atoms with E-state index in [4.69, 9.17) is 0 Å².